The number of hydrogen-bond donors (Lipinski definition) is 7. The predicted molar refractivity (Wildman–Crippen MR) is 136 cm³/mol. The Morgan fingerprint density at radius 2 is 1.71 bits per heavy atom. The highest BCUT2D eigenvalue weighted by atomic mass is 32.2. The van der Waals surface area contributed by atoms with Crippen molar-refractivity contribution in [1.29, 1.82) is 0 Å². The lowest BCUT2D eigenvalue weighted by Gasteiger charge is -2.40. The van der Waals surface area contributed by atoms with Gasteiger partial charge in [0.15, 0.2) is 6.73 Å². The van der Waals surface area contributed by atoms with Crippen molar-refractivity contribution in [1.82, 2.24) is 10.6 Å². The Balaban J connectivity index is 0.00000210. The summed E-state index contributed by atoms with van der Waals surface area (Å²) >= 11 is 1.13. The first kappa shape index (κ1) is 28.7. The molecule has 0 saturated carbocycles. The van der Waals surface area contributed by atoms with E-state index in [1.54, 1.807) is 24.3 Å². The Bertz CT molecular complexity index is 956. The summed E-state index contributed by atoms with van der Waals surface area (Å²) in [5.41, 5.74) is 3.22. The molecule has 1 saturated heterocycles. The third-order valence-electron chi connectivity index (χ3n) is 5.70. The number of amides is 2. The first-order valence-electron chi connectivity index (χ1n) is 11.5. The summed E-state index contributed by atoms with van der Waals surface area (Å²) in [5, 5.41) is 54.5. The van der Waals surface area contributed by atoms with E-state index >= 15 is 0 Å². The molecule has 1 heterocycles. The number of ether oxygens (including phenoxy) is 1. The fourth-order valence-electron chi connectivity index (χ4n) is 3.73. The highest BCUT2D eigenvalue weighted by molar-refractivity contribution is 8.00. The first-order chi connectivity index (χ1) is 16.7. The van der Waals surface area contributed by atoms with Crippen LogP contribution >= 0.6 is 11.8 Å². The van der Waals surface area contributed by atoms with Gasteiger partial charge in [0.1, 0.15) is 17.6 Å². The zero-order chi connectivity index (χ0) is 26.1. The Morgan fingerprint density at radius 3 is 2.31 bits per heavy atom. The molecule has 2 aromatic carbocycles. The van der Waals surface area contributed by atoms with Gasteiger partial charge in [0.2, 0.25) is 0 Å². The molecular formula is C25H36N2O7S. The largest absolute Gasteiger partial charge is 0.508 e. The Kier molecular flexibility index (Phi) is 11.1. The maximum Gasteiger partial charge on any atom is 0.317 e. The van der Waals surface area contributed by atoms with Crippen LogP contribution in [0.4, 0.5) is 4.79 Å². The number of phenolic OH excluding ortho intramolecular Hbond substituents is 1. The van der Waals surface area contributed by atoms with E-state index in [0.29, 0.717) is 17.7 Å². The first-order valence-corrected chi connectivity index (χ1v) is 12.5. The summed E-state index contributed by atoms with van der Waals surface area (Å²) in [6.07, 6.45) is -3.43. The molecule has 194 valence electrons. The summed E-state index contributed by atoms with van der Waals surface area (Å²) < 4.78 is 5.47. The molecule has 2 aromatic rings. The predicted octanol–water partition coefficient (Wildman–Crippen LogP) is 1.81. The average Bonchev–Trinajstić information content (AvgIpc) is 2.87. The van der Waals surface area contributed by atoms with Crippen molar-refractivity contribution in [2.24, 2.45) is 0 Å². The van der Waals surface area contributed by atoms with Gasteiger partial charge in [-0.25, -0.2) is 4.79 Å². The second-order valence-electron chi connectivity index (χ2n) is 7.95. The van der Waals surface area contributed by atoms with Gasteiger partial charge >= 0.3 is 6.03 Å². The summed E-state index contributed by atoms with van der Waals surface area (Å²) in [6.45, 7) is 5.55. The SMILES string of the molecule is CC.CNC(=O)NCOc1ccc(Cc2cc([C@@H]3S[C@H](CO)[C@@H](O)[C@H](O)[C@H]3O)c(O)cc2C)cc1. The van der Waals surface area contributed by atoms with Crippen molar-refractivity contribution in [3.05, 3.63) is 58.7 Å². The minimum absolute atomic E-state index is 0.0135. The molecule has 5 atom stereocenters. The maximum absolute atomic E-state index is 11.2. The van der Waals surface area contributed by atoms with Crippen LogP contribution in [-0.4, -0.2) is 75.5 Å². The van der Waals surface area contributed by atoms with Gasteiger partial charge in [-0.15, -0.1) is 11.8 Å². The number of nitrogens with one attached hydrogen (secondary N) is 2. The van der Waals surface area contributed by atoms with Crippen LogP contribution in [0.3, 0.4) is 0 Å². The lowest BCUT2D eigenvalue weighted by Crippen LogP contribution is -2.51. The molecule has 9 nitrogen and oxygen atoms in total. The molecule has 0 bridgehead atoms. The molecule has 0 spiro atoms. The number of aromatic hydroxyl groups is 1. The van der Waals surface area contributed by atoms with Crippen molar-refractivity contribution in [3.8, 4) is 11.5 Å². The molecule has 0 unspecified atom stereocenters. The van der Waals surface area contributed by atoms with E-state index < -0.39 is 28.8 Å². The number of benzene rings is 2. The van der Waals surface area contributed by atoms with Crippen LogP contribution in [0.15, 0.2) is 36.4 Å². The third kappa shape index (κ3) is 7.25. The molecule has 3 rings (SSSR count). The Hall–Kier alpha value is -2.50. The van der Waals surface area contributed by atoms with E-state index in [2.05, 4.69) is 10.6 Å². The fourth-order valence-corrected chi connectivity index (χ4v) is 5.17. The minimum Gasteiger partial charge on any atom is -0.508 e. The van der Waals surface area contributed by atoms with Gasteiger partial charge in [0, 0.05) is 12.6 Å². The number of aryl methyl sites for hydroxylation is 1. The van der Waals surface area contributed by atoms with Gasteiger partial charge in [-0.2, -0.15) is 0 Å². The molecule has 1 aliphatic rings. The number of aliphatic hydroxyl groups excluding tert-OH is 4. The zero-order valence-corrected chi connectivity index (χ0v) is 21.2. The van der Waals surface area contributed by atoms with Crippen molar-refractivity contribution in [2.45, 2.75) is 56.0 Å². The molecule has 10 heteroatoms. The number of hydrogen-bond acceptors (Lipinski definition) is 8. The van der Waals surface area contributed by atoms with E-state index in [9.17, 15) is 30.3 Å². The normalized spacial score (nSPS) is 23.6. The van der Waals surface area contributed by atoms with Gasteiger partial charge < -0.3 is 40.9 Å². The highest BCUT2D eigenvalue weighted by Crippen LogP contribution is 2.46. The lowest BCUT2D eigenvalue weighted by molar-refractivity contribution is -0.0701. The standard InChI is InChI=1S/C23H30N2O7S.C2H6/c1-12-7-17(27)16(22-21(30)20(29)19(28)18(10-26)33-22)9-14(12)8-13-3-5-15(6-4-13)32-11-25-23(31)24-2;1-2/h3-7,9,18-22,26-30H,8,10-11H2,1-2H3,(H2,24,25,31);1-2H3/t18-,19-,20+,21-,22+;/m1./s1. The molecule has 0 radical (unpaired) electrons. The average molecular weight is 509 g/mol. The second kappa shape index (κ2) is 13.6. The van der Waals surface area contributed by atoms with Gasteiger partial charge in [-0.05, 0) is 48.2 Å². The summed E-state index contributed by atoms with van der Waals surface area (Å²) in [7, 11) is 1.52. The maximum atomic E-state index is 11.2. The summed E-state index contributed by atoms with van der Waals surface area (Å²) in [6, 6.07) is 10.5. The lowest BCUT2D eigenvalue weighted by atomic mass is 9.92. The van der Waals surface area contributed by atoms with Gasteiger partial charge in [-0.1, -0.05) is 32.0 Å². The van der Waals surface area contributed by atoms with Crippen molar-refractivity contribution in [2.75, 3.05) is 20.4 Å². The van der Waals surface area contributed by atoms with Crippen molar-refractivity contribution in [3.63, 3.8) is 0 Å². The molecule has 0 aromatic heterocycles. The number of urea groups is 1. The Morgan fingerprint density at radius 1 is 1.06 bits per heavy atom. The minimum atomic E-state index is -1.43. The van der Waals surface area contributed by atoms with Crippen molar-refractivity contribution >= 4 is 17.8 Å². The molecule has 0 aliphatic carbocycles. The summed E-state index contributed by atoms with van der Waals surface area (Å²) in [4.78, 5) is 11.2. The monoisotopic (exact) mass is 508 g/mol. The van der Waals surface area contributed by atoms with Crippen LogP contribution in [0.5, 0.6) is 11.5 Å². The quantitative estimate of drug-likeness (QED) is 0.280. The fraction of sp³-hybridized carbons (Fsp3) is 0.480. The van der Waals surface area contributed by atoms with Crippen LogP contribution in [0, 0.1) is 6.92 Å². The van der Waals surface area contributed by atoms with Gasteiger partial charge in [-0.3, -0.25) is 0 Å². The molecule has 1 fully saturated rings. The number of phenols is 1. The number of carbonyl (C=O) groups excluding carboxylic acids is 1. The molecule has 35 heavy (non-hydrogen) atoms. The molecule has 7 N–H and O–H groups in total. The second-order valence-corrected chi connectivity index (χ2v) is 9.34. The van der Waals surface area contributed by atoms with E-state index in [1.165, 1.54) is 7.05 Å². The number of carbonyl (C=O) groups is 1. The molecular weight excluding hydrogens is 472 g/mol. The summed E-state index contributed by atoms with van der Waals surface area (Å²) in [5.74, 6) is 0.586. The molecule has 2 amide bonds. The number of rotatable bonds is 7. The van der Waals surface area contributed by atoms with Gasteiger partial charge in [0.25, 0.3) is 0 Å². The zero-order valence-electron chi connectivity index (χ0n) is 20.4. The number of thioether (sulfide) groups is 1. The third-order valence-corrected chi connectivity index (χ3v) is 7.30. The Labute approximate surface area is 210 Å². The van der Waals surface area contributed by atoms with Crippen molar-refractivity contribution < 1.29 is 35.1 Å². The number of aliphatic hydroxyl groups is 4. The smallest absolute Gasteiger partial charge is 0.317 e. The van der Waals surface area contributed by atoms with E-state index in [4.69, 9.17) is 4.74 Å². The van der Waals surface area contributed by atoms with Crippen LogP contribution < -0.4 is 15.4 Å². The van der Waals surface area contributed by atoms with E-state index in [1.807, 2.05) is 32.9 Å². The molecule has 1 aliphatic heterocycles. The van der Waals surface area contributed by atoms with E-state index in [-0.39, 0.29) is 25.1 Å². The van der Waals surface area contributed by atoms with Gasteiger partial charge in [0.05, 0.1) is 29.3 Å². The van der Waals surface area contributed by atoms with E-state index in [0.717, 1.165) is 28.5 Å². The van der Waals surface area contributed by atoms with Crippen LogP contribution in [0.2, 0.25) is 0 Å². The topological polar surface area (TPSA) is 152 Å². The van der Waals surface area contributed by atoms with Crippen LogP contribution in [0.1, 0.15) is 41.4 Å². The van der Waals surface area contributed by atoms with Crippen LogP contribution in [0.25, 0.3) is 0 Å². The highest BCUT2D eigenvalue weighted by Gasteiger charge is 2.44. The van der Waals surface area contributed by atoms with Crippen LogP contribution in [-0.2, 0) is 6.42 Å².